The van der Waals surface area contributed by atoms with Crippen LogP contribution >= 0.6 is 34.8 Å². The quantitative estimate of drug-likeness (QED) is 0.225. The van der Waals surface area contributed by atoms with E-state index in [2.05, 4.69) is 5.32 Å². The van der Waals surface area contributed by atoms with E-state index in [1.165, 1.54) is 29.2 Å². The Morgan fingerprint density at radius 2 is 1.51 bits per heavy atom. The molecule has 0 saturated carbocycles. The highest BCUT2D eigenvalue weighted by atomic mass is 35.5. The van der Waals surface area contributed by atoms with Crippen LogP contribution in [-0.4, -0.2) is 49.9 Å². The summed E-state index contributed by atoms with van der Waals surface area (Å²) >= 11 is 18.6. The molecule has 1 atom stereocenters. The second-order valence-corrected chi connectivity index (χ2v) is 14.0. The lowest BCUT2D eigenvalue weighted by atomic mass is 10.1. The minimum Gasteiger partial charge on any atom is -0.494 e. The van der Waals surface area contributed by atoms with Crippen molar-refractivity contribution in [3.63, 3.8) is 0 Å². The van der Waals surface area contributed by atoms with Crippen LogP contribution in [-0.2, 0) is 26.2 Å². The van der Waals surface area contributed by atoms with Gasteiger partial charge in [0.05, 0.1) is 17.2 Å². The van der Waals surface area contributed by atoms with Crippen LogP contribution in [0.2, 0.25) is 15.1 Å². The molecule has 3 aromatic carbocycles. The number of nitrogens with zero attached hydrogens (tertiary/aromatic N) is 2. The van der Waals surface area contributed by atoms with Crippen molar-refractivity contribution in [1.29, 1.82) is 0 Å². The van der Waals surface area contributed by atoms with Gasteiger partial charge in [-0.15, -0.1) is 0 Å². The monoisotopic (exact) mass is 667 g/mol. The van der Waals surface area contributed by atoms with Crippen molar-refractivity contribution in [2.45, 2.75) is 64.1 Å². The van der Waals surface area contributed by atoms with Crippen molar-refractivity contribution in [1.82, 2.24) is 10.2 Å². The summed E-state index contributed by atoms with van der Waals surface area (Å²) in [5.41, 5.74) is 0.224. The van der Waals surface area contributed by atoms with Gasteiger partial charge in [-0.3, -0.25) is 13.9 Å². The van der Waals surface area contributed by atoms with E-state index in [0.29, 0.717) is 33.0 Å². The third-order valence-electron chi connectivity index (χ3n) is 6.36. The molecule has 1 unspecified atom stereocenters. The van der Waals surface area contributed by atoms with E-state index < -0.39 is 34.1 Å². The molecule has 2 amide bonds. The minimum absolute atomic E-state index is 0.0524. The van der Waals surface area contributed by atoms with E-state index in [0.717, 1.165) is 4.31 Å². The molecule has 12 heteroatoms. The Balaban J connectivity index is 2.10. The molecule has 0 radical (unpaired) electrons. The number of amides is 2. The van der Waals surface area contributed by atoms with E-state index in [-0.39, 0.29) is 29.5 Å². The molecular weight excluding hydrogens is 633 g/mol. The summed E-state index contributed by atoms with van der Waals surface area (Å²) in [6.07, 6.45) is 0.270. The van der Waals surface area contributed by atoms with Crippen LogP contribution in [0.4, 0.5) is 5.69 Å². The van der Waals surface area contributed by atoms with Gasteiger partial charge >= 0.3 is 0 Å². The fourth-order valence-electron chi connectivity index (χ4n) is 4.34. The molecule has 0 aromatic heterocycles. The summed E-state index contributed by atoms with van der Waals surface area (Å²) in [5.74, 6) is -0.430. The molecule has 0 aliphatic rings. The third kappa shape index (κ3) is 9.25. The maximum absolute atomic E-state index is 14.2. The largest absolute Gasteiger partial charge is 0.494 e. The number of hydrogen-bond acceptors (Lipinski definition) is 5. The molecule has 0 fully saturated rings. The van der Waals surface area contributed by atoms with Crippen molar-refractivity contribution in [2.24, 2.45) is 0 Å². The topological polar surface area (TPSA) is 96.0 Å². The number of carbonyl (C=O) groups is 2. The number of nitrogens with one attached hydrogen (secondary N) is 1. The number of anilines is 1. The third-order valence-corrected chi connectivity index (χ3v) is 8.98. The van der Waals surface area contributed by atoms with Crippen LogP contribution in [0.15, 0.2) is 71.6 Å². The van der Waals surface area contributed by atoms with Crippen molar-refractivity contribution in [3.8, 4) is 5.75 Å². The van der Waals surface area contributed by atoms with Gasteiger partial charge in [0.15, 0.2) is 0 Å². The molecule has 3 rings (SSSR count). The fraction of sp³-hybridized carbons (Fsp3) is 0.355. The smallest absolute Gasteiger partial charge is 0.264 e. The van der Waals surface area contributed by atoms with Crippen LogP contribution in [0.3, 0.4) is 0 Å². The van der Waals surface area contributed by atoms with Crippen molar-refractivity contribution < 1.29 is 22.7 Å². The molecule has 0 aliphatic heterocycles. The van der Waals surface area contributed by atoms with Crippen molar-refractivity contribution in [2.75, 3.05) is 17.5 Å². The molecule has 0 saturated heterocycles. The maximum atomic E-state index is 14.2. The standard InChI is InChI=1S/C31H36Cl3N3O5S/c1-6-28(30(39)35-31(3,4)5)36(19-21-8-9-23(33)18-27(21)34)29(38)20-37(24-12-14-25(15-13-24)42-7-2)43(40,41)26-16-10-22(32)11-17-26/h8-18,28H,6-7,19-20H2,1-5H3,(H,35,39). The number of benzene rings is 3. The van der Waals surface area contributed by atoms with Gasteiger partial charge in [0.25, 0.3) is 10.0 Å². The molecule has 0 bridgehead atoms. The Kier molecular flexibility index (Phi) is 11.8. The molecule has 8 nitrogen and oxygen atoms in total. The number of carbonyl (C=O) groups excluding carboxylic acids is 2. The first-order valence-electron chi connectivity index (χ1n) is 13.7. The van der Waals surface area contributed by atoms with E-state index >= 15 is 0 Å². The van der Waals surface area contributed by atoms with Gasteiger partial charge in [-0.05, 0) is 100 Å². The van der Waals surface area contributed by atoms with Crippen molar-refractivity contribution in [3.05, 3.63) is 87.4 Å². The van der Waals surface area contributed by atoms with Crippen LogP contribution in [0.1, 0.15) is 46.6 Å². The highest BCUT2D eigenvalue weighted by Crippen LogP contribution is 2.29. The lowest BCUT2D eigenvalue weighted by molar-refractivity contribution is -0.141. The Morgan fingerprint density at radius 3 is 2.05 bits per heavy atom. The lowest BCUT2D eigenvalue weighted by Gasteiger charge is -2.35. The number of hydrogen-bond donors (Lipinski definition) is 1. The molecule has 1 N–H and O–H groups in total. The first-order chi connectivity index (χ1) is 20.2. The predicted octanol–water partition coefficient (Wildman–Crippen LogP) is 6.96. The van der Waals surface area contributed by atoms with Crippen LogP contribution in [0.5, 0.6) is 5.75 Å². The average molecular weight is 669 g/mol. The van der Waals surface area contributed by atoms with Gasteiger partial charge < -0.3 is 15.0 Å². The normalized spacial score (nSPS) is 12.4. The predicted molar refractivity (Wildman–Crippen MR) is 173 cm³/mol. The highest BCUT2D eigenvalue weighted by Gasteiger charge is 2.35. The zero-order valence-electron chi connectivity index (χ0n) is 24.7. The second kappa shape index (κ2) is 14.7. The summed E-state index contributed by atoms with van der Waals surface area (Å²) in [4.78, 5) is 29.0. The summed E-state index contributed by atoms with van der Waals surface area (Å²) in [7, 11) is -4.25. The molecule has 0 spiro atoms. The van der Waals surface area contributed by atoms with E-state index in [1.807, 2.05) is 27.7 Å². The SMILES string of the molecule is CCOc1ccc(N(CC(=O)N(Cc2ccc(Cl)cc2Cl)C(CC)C(=O)NC(C)(C)C)S(=O)(=O)c2ccc(Cl)cc2)cc1. The number of rotatable bonds is 12. The summed E-state index contributed by atoms with van der Waals surface area (Å²) in [5, 5.41) is 4.03. The molecule has 0 aliphatic carbocycles. The number of halogens is 3. The number of sulfonamides is 1. The summed E-state index contributed by atoms with van der Waals surface area (Å²) in [6.45, 7) is 8.93. The van der Waals surface area contributed by atoms with E-state index in [1.54, 1.807) is 49.4 Å². The van der Waals surface area contributed by atoms with Gasteiger partial charge in [-0.2, -0.15) is 0 Å². The van der Waals surface area contributed by atoms with Crippen LogP contribution in [0, 0.1) is 0 Å². The zero-order chi connectivity index (χ0) is 31.9. The molecule has 0 heterocycles. The number of ether oxygens (including phenoxy) is 1. The zero-order valence-corrected chi connectivity index (χ0v) is 27.8. The van der Waals surface area contributed by atoms with Gasteiger partial charge in [-0.1, -0.05) is 47.8 Å². The molecule has 232 valence electrons. The Hall–Kier alpha value is -2.98. The molecular formula is C31H36Cl3N3O5S. The Bertz CT molecular complexity index is 1530. The lowest BCUT2D eigenvalue weighted by Crippen LogP contribution is -2.55. The molecule has 3 aromatic rings. The first kappa shape index (κ1) is 34.5. The molecule has 43 heavy (non-hydrogen) atoms. The van der Waals surface area contributed by atoms with Gasteiger partial charge in [0, 0.05) is 27.2 Å². The van der Waals surface area contributed by atoms with E-state index in [9.17, 15) is 18.0 Å². The fourth-order valence-corrected chi connectivity index (χ4v) is 6.35. The van der Waals surface area contributed by atoms with Gasteiger partial charge in [-0.25, -0.2) is 8.42 Å². The minimum atomic E-state index is -4.25. The Labute approximate surface area is 268 Å². The second-order valence-electron chi connectivity index (χ2n) is 10.8. The highest BCUT2D eigenvalue weighted by molar-refractivity contribution is 7.92. The summed E-state index contributed by atoms with van der Waals surface area (Å²) in [6, 6.07) is 16.0. The van der Waals surface area contributed by atoms with Crippen LogP contribution < -0.4 is 14.4 Å². The van der Waals surface area contributed by atoms with E-state index in [4.69, 9.17) is 39.5 Å². The Morgan fingerprint density at radius 1 is 0.907 bits per heavy atom. The summed E-state index contributed by atoms with van der Waals surface area (Å²) < 4.78 is 34.5. The van der Waals surface area contributed by atoms with Gasteiger partial charge in [0.2, 0.25) is 11.8 Å². The maximum Gasteiger partial charge on any atom is 0.264 e. The van der Waals surface area contributed by atoms with Crippen LogP contribution in [0.25, 0.3) is 0 Å². The first-order valence-corrected chi connectivity index (χ1v) is 16.3. The van der Waals surface area contributed by atoms with Crippen molar-refractivity contribution >= 4 is 62.3 Å². The average Bonchev–Trinajstić information content (AvgIpc) is 2.92. The van der Waals surface area contributed by atoms with Gasteiger partial charge in [0.1, 0.15) is 18.3 Å².